The van der Waals surface area contributed by atoms with Gasteiger partial charge in [0.05, 0.1) is 27.9 Å². The molecule has 0 saturated heterocycles. The lowest BCUT2D eigenvalue weighted by molar-refractivity contribution is -0.113. The summed E-state index contributed by atoms with van der Waals surface area (Å²) in [5.41, 5.74) is 1.88. The van der Waals surface area contributed by atoms with Crippen molar-refractivity contribution in [3.8, 4) is 10.7 Å². The van der Waals surface area contributed by atoms with Gasteiger partial charge < -0.3 is 10.6 Å². The summed E-state index contributed by atoms with van der Waals surface area (Å²) in [6.07, 6.45) is 0. The van der Waals surface area contributed by atoms with E-state index >= 15 is 0 Å². The van der Waals surface area contributed by atoms with E-state index in [4.69, 9.17) is 0 Å². The molecule has 7 nitrogen and oxygen atoms in total. The van der Waals surface area contributed by atoms with Crippen LogP contribution in [0.5, 0.6) is 0 Å². The first kappa shape index (κ1) is 21.8. The summed E-state index contributed by atoms with van der Waals surface area (Å²) < 4.78 is 0. The van der Waals surface area contributed by atoms with E-state index in [1.807, 2.05) is 54.8 Å². The Morgan fingerprint density at radius 2 is 1.84 bits per heavy atom. The van der Waals surface area contributed by atoms with Crippen molar-refractivity contribution in [2.75, 3.05) is 11.1 Å². The zero-order valence-electron chi connectivity index (χ0n) is 17.2. The zero-order valence-corrected chi connectivity index (χ0v) is 18.9. The minimum atomic E-state index is -0.250. The normalized spacial score (nSPS) is 11.7. The number of thiophene rings is 1. The van der Waals surface area contributed by atoms with E-state index in [0.29, 0.717) is 22.2 Å². The summed E-state index contributed by atoms with van der Waals surface area (Å²) in [6.45, 7) is 1.92. The third kappa shape index (κ3) is 5.43. The average Bonchev–Trinajstić information content (AvgIpc) is 3.51. The van der Waals surface area contributed by atoms with Crippen LogP contribution < -0.4 is 10.6 Å². The van der Waals surface area contributed by atoms with Crippen LogP contribution in [0.25, 0.3) is 10.7 Å². The molecule has 1 atom stereocenters. The van der Waals surface area contributed by atoms with Crippen LogP contribution in [0.15, 0.2) is 77.3 Å². The molecule has 9 heteroatoms. The number of aromatic nitrogens is 3. The van der Waals surface area contributed by atoms with Gasteiger partial charge in [-0.2, -0.15) is 0 Å². The van der Waals surface area contributed by atoms with E-state index < -0.39 is 0 Å². The predicted octanol–water partition coefficient (Wildman–Crippen LogP) is 4.76. The van der Waals surface area contributed by atoms with E-state index in [0.717, 1.165) is 10.4 Å². The van der Waals surface area contributed by atoms with Crippen molar-refractivity contribution in [3.63, 3.8) is 0 Å². The summed E-state index contributed by atoms with van der Waals surface area (Å²) in [5, 5.41) is 15.3. The molecule has 2 heterocycles. The van der Waals surface area contributed by atoms with Gasteiger partial charge in [-0.1, -0.05) is 60.3 Å². The third-order valence-electron chi connectivity index (χ3n) is 4.64. The Kier molecular flexibility index (Phi) is 6.98. The van der Waals surface area contributed by atoms with Gasteiger partial charge in [-0.25, -0.2) is 4.98 Å². The maximum Gasteiger partial charge on any atom is 0.253 e. The molecule has 2 aromatic heterocycles. The molecule has 4 aromatic rings. The number of thioether (sulfide) groups is 1. The molecule has 0 unspecified atom stereocenters. The predicted molar refractivity (Wildman–Crippen MR) is 128 cm³/mol. The highest BCUT2D eigenvalue weighted by Gasteiger charge is 2.16. The van der Waals surface area contributed by atoms with E-state index in [2.05, 4.69) is 25.8 Å². The SMILES string of the molecule is C[C@H](NC(=O)c1ccccc1NC(=O)CSc1n[nH]c(-c2cccs2)n1)c1ccccc1. The number of rotatable bonds is 8. The molecule has 0 radical (unpaired) electrons. The largest absolute Gasteiger partial charge is 0.345 e. The fourth-order valence-corrected chi connectivity index (χ4v) is 4.30. The van der Waals surface area contributed by atoms with Gasteiger partial charge in [-0.05, 0) is 36.1 Å². The lowest BCUT2D eigenvalue weighted by Crippen LogP contribution is -2.28. The van der Waals surface area contributed by atoms with E-state index in [-0.39, 0.29) is 23.6 Å². The Hall–Kier alpha value is -3.43. The number of carbonyl (C=O) groups is 2. The molecule has 2 amide bonds. The molecular weight excluding hydrogens is 442 g/mol. The first-order valence-corrected chi connectivity index (χ1v) is 11.8. The van der Waals surface area contributed by atoms with E-state index in [9.17, 15) is 9.59 Å². The van der Waals surface area contributed by atoms with Gasteiger partial charge in [0.25, 0.3) is 5.91 Å². The maximum absolute atomic E-state index is 12.8. The minimum absolute atomic E-state index is 0.123. The Balaban J connectivity index is 1.36. The van der Waals surface area contributed by atoms with Crippen molar-refractivity contribution in [3.05, 3.63) is 83.2 Å². The standard InChI is InChI=1S/C23H21N5O2S2/c1-15(16-8-3-2-4-9-16)24-22(30)17-10-5-6-11-18(17)25-20(29)14-32-23-26-21(27-28-23)19-12-7-13-31-19/h2-13,15H,14H2,1H3,(H,24,30)(H,25,29)(H,26,27,28)/t15-/m0/s1. The van der Waals surface area contributed by atoms with E-state index in [1.54, 1.807) is 35.6 Å². The first-order valence-electron chi connectivity index (χ1n) is 9.94. The highest BCUT2D eigenvalue weighted by atomic mass is 32.2. The Bertz CT molecular complexity index is 1190. The van der Waals surface area contributed by atoms with Crippen LogP contribution in [0, 0.1) is 0 Å². The molecule has 0 spiro atoms. The Morgan fingerprint density at radius 1 is 1.06 bits per heavy atom. The fourth-order valence-electron chi connectivity index (χ4n) is 3.04. The van der Waals surface area contributed by atoms with Crippen molar-refractivity contribution in [1.82, 2.24) is 20.5 Å². The van der Waals surface area contributed by atoms with Crippen molar-refractivity contribution in [2.45, 2.75) is 18.1 Å². The number of nitrogens with zero attached hydrogens (tertiary/aromatic N) is 2. The number of aromatic amines is 1. The lowest BCUT2D eigenvalue weighted by Gasteiger charge is -2.16. The molecule has 0 aliphatic heterocycles. The van der Waals surface area contributed by atoms with Gasteiger partial charge >= 0.3 is 0 Å². The minimum Gasteiger partial charge on any atom is -0.345 e. The first-order chi connectivity index (χ1) is 15.6. The van der Waals surface area contributed by atoms with Crippen LogP contribution >= 0.6 is 23.1 Å². The molecule has 0 aliphatic carbocycles. The number of anilines is 1. The topological polar surface area (TPSA) is 99.8 Å². The van der Waals surface area contributed by atoms with Crippen molar-refractivity contribution >= 4 is 40.6 Å². The number of hydrogen-bond acceptors (Lipinski definition) is 6. The van der Waals surface area contributed by atoms with Crippen LogP contribution in [0.3, 0.4) is 0 Å². The number of para-hydroxylation sites is 1. The van der Waals surface area contributed by atoms with Crippen molar-refractivity contribution in [1.29, 1.82) is 0 Å². The molecule has 162 valence electrons. The van der Waals surface area contributed by atoms with Gasteiger partial charge in [0.1, 0.15) is 0 Å². The van der Waals surface area contributed by atoms with Gasteiger partial charge in [0, 0.05) is 0 Å². The summed E-state index contributed by atoms with van der Waals surface area (Å²) in [7, 11) is 0. The molecule has 0 aliphatic rings. The summed E-state index contributed by atoms with van der Waals surface area (Å²) >= 11 is 2.79. The lowest BCUT2D eigenvalue weighted by atomic mass is 10.1. The second kappa shape index (κ2) is 10.3. The summed E-state index contributed by atoms with van der Waals surface area (Å²) in [4.78, 5) is 30.7. The van der Waals surface area contributed by atoms with Crippen LogP contribution in [0.2, 0.25) is 0 Å². The molecule has 0 saturated carbocycles. The van der Waals surface area contributed by atoms with Crippen LogP contribution in [0.4, 0.5) is 5.69 Å². The Labute approximate surface area is 193 Å². The van der Waals surface area contributed by atoms with Gasteiger partial charge in [-0.15, -0.1) is 16.4 Å². The Morgan fingerprint density at radius 3 is 2.62 bits per heavy atom. The molecule has 0 fully saturated rings. The molecule has 32 heavy (non-hydrogen) atoms. The van der Waals surface area contributed by atoms with Crippen LogP contribution in [-0.2, 0) is 4.79 Å². The number of carbonyl (C=O) groups excluding carboxylic acids is 2. The third-order valence-corrected chi connectivity index (χ3v) is 6.37. The fraction of sp³-hybridized carbons (Fsp3) is 0.130. The van der Waals surface area contributed by atoms with Crippen LogP contribution in [-0.4, -0.2) is 32.7 Å². The summed E-state index contributed by atoms with van der Waals surface area (Å²) in [5.74, 6) is 0.309. The average molecular weight is 464 g/mol. The summed E-state index contributed by atoms with van der Waals surface area (Å²) in [6, 6.07) is 20.4. The molecular formula is C23H21N5O2S2. The van der Waals surface area contributed by atoms with Crippen LogP contribution in [0.1, 0.15) is 28.9 Å². The van der Waals surface area contributed by atoms with Crippen molar-refractivity contribution in [2.24, 2.45) is 0 Å². The molecule has 2 aromatic carbocycles. The number of hydrogen-bond donors (Lipinski definition) is 3. The molecule has 4 rings (SSSR count). The molecule has 0 bridgehead atoms. The maximum atomic E-state index is 12.8. The quantitative estimate of drug-likeness (QED) is 0.327. The monoisotopic (exact) mass is 463 g/mol. The van der Waals surface area contributed by atoms with Gasteiger partial charge in [-0.3, -0.25) is 14.7 Å². The number of H-pyrrole nitrogens is 1. The number of benzene rings is 2. The van der Waals surface area contributed by atoms with Gasteiger partial charge in [0.15, 0.2) is 5.82 Å². The van der Waals surface area contributed by atoms with Gasteiger partial charge in [0.2, 0.25) is 11.1 Å². The van der Waals surface area contributed by atoms with E-state index in [1.165, 1.54) is 11.8 Å². The van der Waals surface area contributed by atoms with Crippen molar-refractivity contribution < 1.29 is 9.59 Å². The second-order valence-corrected chi connectivity index (χ2v) is 8.82. The zero-order chi connectivity index (χ0) is 22.3. The highest BCUT2D eigenvalue weighted by Crippen LogP contribution is 2.23. The number of nitrogens with one attached hydrogen (secondary N) is 3. The number of amides is 2. The molecule has 3 N–H and O–H groups in total. The second-order valence-electron chi connectivity index (χ2n) is 6.93. The highest BCUT2D eigenvalue weighted by molar-refractivity contribution is 7.99. The smallest absolute Gasteiger partial charge is 0.253 e.